The van der Waals surface area contributed by atoms with Crippen molar-refractivity contribution < 1.29 is 66.4 Å². The van der Waals surface area contributed by atoms with Crippen molar-refractivity contribution >= 4 is 60.1 Å². The van der Waals surface area contributed by atoms with E-state index in [-0.39, 0.29) is 40.6 Å². The van der Waals surface area contributed by atoms with E-state index in [1.54, 1.807) is 0 Å². The molecule has 0 rings (SSSR count). The number of hydrogen-bond acceptors (Lipinski definition) is 8. The van der Waals surface area contributed by atoms with Crippen LogP contribution in [0.25, 0.3) is 0 Å². The molecule has 0 unspecified atom stereocenters. The molecule has 16 nitrogen and oxygen atoms in total. The van der Waals surface area contributed by atoms with Gasteiger partial charge < -0.3 is 40.2 Å². The van der Waals surface area contributed by atoms with Crippen LogP contribution in [0, 0.1) is 15.3 Å². The quantitative estimate of drug-likeness (QED) is 0.0697. The highest BCUT2D eigenvalue weighted by molar-refractivity contribution is 8.93. The molecular weight excluding hydrogens is 487 g/mol. The third-order valence-electron chi connectivity index (χ3n) is 0. The molecule has 0 saturated carbocycles. The number of rotatable bonds is 0. The SMILES string of the molecule is Br.CC(=O)O.Cl.F.O=CO.O=P(O)(O)O.O=S(=O)(O)O.O=[N+]([O-])[O-]. The number of hydrogen-bond donors (Lipinski definition) is 7. The Morgan fingerprint density at radius 1 is 1.17 bits per heavy atom. The lowest BCUT2D eigenvalue weighted by atomic mass is 10.9. The maximum Gasteiger partial charge on any atom is 0.466 e. The first-order chi connectivity index (χ1) is 8.88. The van der Waals surface area contributed by atoms with E-state index >= 15 is 0 Å². The second-order valence-electron chi connectivity index (χ2n) is 1.81. The van der Waals surface area contributed by atoms with Gasteiger partial charge in [0.25, 0.3) is 12.4 Å². The molecule has 0 bridgehead atoms. The molecule has 0 spiro atoms. The van der Waals surface area contributed by atoms with Crippen molar-refractivity contribution in [2.45, 2.75) is 6.92 Å². The van der Waals surface area contributed by atoms with Gasteiger partial charge in [0.15, 0.2) is 0 Å². The van der Waals surface area contributed by atoms with Crippen molar-refractivity contribution in [2.75, 3.05) is 0 Å². The van der Waals surface area contributed by atoms with Gasteiger partial charge in [-0.3, -0.25) is 23.4 Å². The number of halogens is 3. The molecule has 0 aromatic heterocycles. The van der Waals surface area contributed by atoms with Gasteiger partial charge in [0, 0.05) is 6.92 Å². The molecule has 0 amide bonds. The van der Waals surface area contributed by atoms with Crippen molar-refractivity contribution in [1.82, 2.24) is 0 Å². The van der Waals surface area contributed by atoms with E-state index < -0.39 is 29.3 Å². The summed E-state index contributed by atoms with van der Waals surface area (Å²) in [5.74, 6) is -0.833. The fourth-order valence-corrected chi connectivity index (χ4v) is 0. The lowest BCUT2D eigenvalue weighted by Gasteiger charge is -1.82. The normalized spacial score (nSPS) is 7.42. The number of aliphatic carboxylic acids is 1. The van der Waals surface area contributed by atoms with Crippen molar-refractivity contribution in [2.24, 2.45) is 0 Å². The first kappa shape index (κ1) is 49.5. The van der Waals surface area contributed by atoms with Crippen LogP contribution in [0.3, 0.4) is 0 Å². The number of phosphoric acid groups is 1. The van der Waals surface area contributed by atoms with Gasteiger partial charge in [-0.05, 0) is 0 Å². The van der Waals surface area contributed by atoms with Gasteiger partial charge in [-0.25, -0.2) is 4.57 Å². The molecule has 0 aliphatic rings. The van der Waals surface area contributed by atoms with Gasteiger partial charge in [0.1, 0.15) is 0 Å². The summed E-state index contributed by atoms with van der Waals surface area (Å²) in [7, 11) is -9.31. The molecule has 0 aliphatic heterocycles. The van der Waals surface area contributed by atoms with Gasteiger partial charge in [-0.2, -0.15) is 8.42 Å². The largest absolute Gasteiger partial charge is 0.483 e. The number of carboxylic acids is 1. The van der Waals surface area contributed by atoms with E-state index in [1.807, 2.05) is 0 Å². The highest BCUT2D eigenvalue weighted by Gasteiger charge is 2.00. The minimum atomic E-state index is -4.67. The van der Waals surface area contributed by atoms with Gasteiger partial charge in [-0.1, -0.05) is 0 Å². The molecule has 21 heteroatoms. The Morgan fingerprint density at radius 3 is 1.17 bits per heavy atom. The second kappa shape index (κ2) is 29.8. The van der Waals surface area contributed by atoms with Crippen molar-refractivity contribution in [3.63, 3.8) is 0 Å². The summed E-state index contributed by atoms with van der Waals surface area (Å²) in [6.07, 6.45) is 0. The smallest absolute Gasteiger partial charge is 0.466 e. The number of carbonyl (C=O) groups is 2. The van der Waals surface area contributed by atoms with Gasteiger partial charge in [0.2, 0.25) is 0 Å². The van der Waals surface area contributed by atoms with Crippen LogP contribution in [0.15, 0.2) is 0 Å². The topological polar surface area (TPSA) is 293 Å². The zero-order valence-corrected chi connectivity index (χ0v) is 15.2. The molecule has 154 valence electrons. The molecule has 7 N–H and O–H groups in total. The van der Waals surface area contributed by atoms with E-state index in [0.717, 1.165) is 6.92 Å². The molecule has 24 heavy (non-hydrogen) atoms. The lowest BCUT2D eigenvalue weighted by molar-refractivity contribution is -0.402. The second-order valence-corrected chi connectivity index (χ2v) is 3.73. The summed E-state index contributed by atoms with van der Waals surface area (Å²) in [4.78, 5) is 47.2. The van der Waals surface area contributed by atoms with Crippen molar-refractivity contribution in [3.05, 3.63) is 15.3 Å². The predicted molar refractivity (Wildman–Crippen MR) is 80.9 cm³/mol. The van der Waals surface area contributed by atoms with Crippen LogP contribution in [0.2, 0.25) is 0 Å². The summed E-state index contributed by atoms with van der Waals surface area (Å²) < 4.78 is 40.5. The highest BCUT2D eigenvalue weighted by Crippen LogP contribution is 2.25. The third-order valence-corrected chi connectivity index (χ3v) is 0. The molecule has 0 heterocycles. The van der Waals surface area contributed by atoms with E-state index in [9.17, 15) is 0 Å². The zero-order valence-electron chi connectivity index (χ0n) is 11.0. The summed E-state index contributed by atoms with van der Waals surface area (Å²) >= 11 is 0. The Bertz CT molecular complexity index is 388. The van der Waals surface area contributed by atoms with Crippen LogP contribution < -0.4 is 0 Å². The van der Waals surface area contributed by atoms with Crippen LogP contribution in [-0.4, -0.2) is 59.9 Å². The first-order valence-electron chi connectivity index (χ1n) is 3.45. The van der Waals surface area contributed by atoms with Crippen LogP contribution in [0.1, 0.15) is 6.92 Å². The van der Waals surface area contributed by atoms with Crippen molar-refractivity contribution in [3.8, 4) is 0 Å². The maximum absolute atomic E-state index is 9.00. The van der Waals surface area contributed by atoms with Crippen LogP contribution in [0.4, 0.5) is 4.70 Å². The summed E-state index contributed by atoms with van der Waals surface area (Å²) in [5.41, 5.74) is 0. The molecule has 0 atom stereocenters. The van der Waals surface area contributed by atoms with Gasteiger partial charge in [0.05, 0.1) is 5.09 Å². The van der Waals surface area contributed by atoms with E-state index in [1.165, 1.54) is 0 Å². The summed E-state index contributed by atoms with van der Waals surface area (Å²) in [6, 6.07) is 0. The first-order valence-corrected chi connectivity index (χ1v) is 6.41. The van der Waals surface area contributed by atoms with Gasteiger partial charge >= 0.3 is 18.2 Å². The Hall–Kier alpha value is -1.18. The average Bonchev–Trinajstić information content (AvgIpc) is 1.92. The highest BCUT2D eigenvalue weighted by atomic mass is 79.9. The fourth-order valence-electron chi connectivity index (χ4n) is 0. The molecular formula is C3H14BrClFNO15PS-. The Labute approximate surface area is 149 Å². The van der Waals surface area contributed by atoms with E-state index in [4.69, 9.17) is 71.9 Å². The van der Waals surface area contributed by atoms with Gasteiger partial charge in [-0.15, -0.1) is 29.4 Å². The van der Waals surface area contributed by atoms with E-state index in [0.29, 0.717) is 0 Å². The molecule has 0 fully saturated rings. The van der Waals surface area contributed by atoms with E-state index in [2.05, 4.69) is 0 Å². The van der Waals surface area contributed by atoms with Crippen molar-refractivity contribution in [1.29, 1.82) is 0 Å². The monoisotopic (exact) mass is 500 g/mol. The summed E-state index contributed by atoms with van der Waals surface area (Å²) in [6.45, 7) is 0.833. The fraction of sp³-hybridized carbons (Fsp3) is 0.333. The number of carboxylic acid groups (broad SMARTS) is 2. The molecule has 0 aliphatic carbocycles. The minimum absolute atomic E-state index is 0. The van der Waals surface area contributed by atoms with Crippen LogP contribution in [0.5, 0.6) is 0 Å². The Morgan fingerprint density at radius 2 is 1.17 bits per heavy atom. The standard InChI is InChI=1S/C2H4O2.CH2O2.BrH.ClH.FH.NO3.H3O4P.H2O4S/c1-2(3)4;2-1-3;;;;2-1(3)4;2*1-5(2,3)4/h1H3,(H,3,4);1H,(H,2,3);3*1H;;(H3,1,2,3,4);(H2,1,2,3,4)/q;;;;;-1;;. The molecule has 0 aromatic rings. The number of nitrogens with zero attached hydrogens (tertiary/aromatic N) is 1. The Balaban J connectivity index is -0.0000000218. The van der Waals surface area contributed by atoms with Crippen LogP contribution >= 0.6 is 37.2 Å². The zero-order chi connectivity index (χ0) is 18.9. The maximum atomic E-state index is 9.00. The third kappa shape index (κ3) is 5870. The summed E-state index contributed by atoms with van der Waals surface area (Å²) in [5, 5.41) is 29.1. The molecule has 0 aromatic carbocycles. The Kier molecular flexibility index (Phi) is 61.4. The lowest BCUT2D eigenvalue weighted by Crippen LogP contribution is -1.89. The predicted octanol–water partition coefficient (Wildman–Crippen LogP) is -0.877. The molecule has 0 radical (unpaired) electrons. The minimum Gasteiger partial charge on any atom is -0.483 e. The average molecular weight is 502 g/mol. The molecule has 0 saturated heterocycles. The van der Waals surface area contributed by atoms with Crippen LogP contribution in [-0.2, 0) is 24.6 Å².